The van der Waals surface area contributed by atoms with Crippen molar-refractivity contribution in [3.63, 3.8) is 0 Å². The van der Waals surface area contributed by atoms with E-state index in [-0.39, 0.29) is 89.4 Å². The molecule has 9 aliphatic heterocycles. The van der Waals surface area contributed by atoms with E-state index in [9.17, 15) is 57.8 Å². The predicted molar refractivity (Wildman–Crippen MR) is 527 cm³/mol. The molecule has 1 saturated carbocycles. The number of piperazine rings is 2. The van der Waals surface area contributed by atoms with Crippen molar-refractivity contribution in [2.45, 2.75) is 91.1 Å². The molecule has 10 heterocycles. The third-order valence-electron chi connectivity index (χ3n) is 27.5. The van der Waals surface area contributed by atoms with Gasteiger partial charge < -0.3 is 50.1 Å². The number of morpholine rings is 1. The van der Waals surface area contributed by atoms with Gasteiger partial charge in [0, 0.05) is 236 Å². The normalized spacial score (nSPS) is 18.0. The van der Waals surface area contributed by atoms with E-state index in [0.717, 1.165) is 163 Å². The number of carbonyl (C=O) groups excluding carboxylic acids is 11. The molecule has 0 bridgehead atoms. The molecule has 12 aromatic carbocycles. The zero-order valence-electron chi connectivity index (χ0n) is 76.5. The van der Waals surface area contributed by atoms with Gasteiger partial charge in [-0.25, -0.2) is 14.7 Å². The van der Waals surface area contributed by atoms with Crippen molar-refractivity contribution in [2.75, 3.05) is 140 Å². The fourth-order valence-corrected chi connectivity index (χ4v) is 21.0. The first-order chi connectivity index (χ1) is 66.1. The van der Waals surface area contributed by atoms with E-state index in [0.29, 0.717) is 127 Å². The van der Waals surface area contributed by atoms with Crippen molar-refractivity contribution in [3.8, 4) is 11.5 Å². The van der Waals surface area contributed by atoms with E-state index < -0.39 is 0 Å². The number of carbonyl (C=O) groups is 11. The zero-order valence-corrected chi connectivity index (χ0v) is 76.5. The smallest absolute Gasteiger partial charge is 0.266 e. The number of anilines is 7. The number of amides is 11. The molecule has 1 aromatic heterocycles. The number of H-pyrrole nitrogens is 1. The van der Waals surface area contributed by atoms with Crippen LogP contribution < -0.4 is 55.0 Å². The van der Waals surface area contributed by atoms with Crippen molar-refractivity contribution >= 4 is 159 Å². The van der Waals surface area contributed by atoms with Crippen molar-refractivity contribution in [2.24, 2.45) is 0 Å². The molecule has 10 aliphatic rings. The van der Waals surface area contributed by atoms with Gasteiger partial charge in [0.15, 0.2) is 0 Å². The fraction of sp³-hybridized carbons (Fsp3) is 0.278. The number of phenolic OH excluding ortho intramolecular Hbond substituents is 1. The van der Waals surface area contributed by atoms with Gasteiger partial charge in [-0.15, -0.1) is 6.58 Å². The number of imide groups is 5. The molecule has 28 heteroatoms. The number of aryl methyl sites for hydroxylation is 3. The standard InChI is InChI=1S/C23H24N4O2.C23H21N3O3.C23H21N3O2.C20H20N2O4.C19H18N2O3/c1-14-21(15(2)25-24-14)27-22(28)17-9-7-8-16-19(26-12-5-3-4-6-13-26)11-10-18(20(16)17)23(27)29;1-29-16-7-5-15(6-8-16)26-22(27)18-4-2-3-17-20(25-13-11-24-12-14-25)10-9-19(21(17)18)23(26)28;1-15-5-2-3-8-19(15)26-22(27)17-7-4-6-16-20(25-13-11-24-12-14-25)10-9-18(21(16)17)23(26)28;1-11(23)21-12-5-7-13(8-6-12)22-19(25)15-4-2-3-14-17(24)10-9-16(18(14)15)20(22)26;1-2-8-21-18(22)14-5-3-4-13-16(20-9-11-24-12-10-20)7-6-15(17(13)14)19(21)23/h7-11H,3-6,12-13H2,1-2H3,(H,24,25);2-10,24H,11-14H2,1H3;2-10,24H,11-14H2,1H3;2-4,9-10,12-13,24H,5-8H2,1H3,(H,21,23);2-7H,1,8-12H2. The summed E-state index contributed by atoms with van der Waals surface area (Å²) in [5.41, 5.74) is 13.9. The maximum Gasteiger partial charge on any atom is 0.266 e. The van der Waals surface area contributed by atoms with Crippen LogP contribution in [0.25, 0.3) is 53.9 Å². The number of nitrogens with one attached hydrogen (secondary N) is 4. The molecule has 0 radical (unpaired) electrons. The second kappa shape index (κ2) is 38.0. The Balaban J connectivity index is 0.000000109. The largest absolute Gasteiger partial charge is 0.507 e. The van der Waals surface area contributed by atoms with Crippen molar-refractivity contribution in [3.05, 3.63) is 285 Å². The number of benzene rings is 12. The van der Waals surface area contributed by atoms with Crippen molar-refractivity contribution in [1.29, 1.82) is 0 Å². The minimum atomic E-state index is -0.304. The summed E-state index contributed by atoms with van der Waals surface area (Å²) in [6, 6.07) is 61.0. The molecule has 5 N–H and O–H groups in total. The van der Waals surface area contributed by atoms with Gasteiger partial charge in [0.25, 0.3) is 59.1 Å². The van der Waals surface area contributed by atoms with Crippen LogP contribution in [0.3, 0.4) is 0 Å². The summed E-state index contributed by atoms with van der Waals surface area (Å²) in [6.45, 7) is 23.3. The lowest BCUT2D eigenvalue weighted by Gasteiger charge is -2.38. The van der Waals surface area contributed by atoms with Crippen LogP contribution in [0.15, 0.2) is 213 Å². The molecular weight excluding hydrogens is 1720 g/mol. The van der Waals surface area contributed by atoms with Crippen LogP contribution in [0.2, 0.25) is 0 Å². The Morgan fingerprint density at radius 3 is 1.26 bits per heavy atom. The number of aromatic nitrogens is 2. The number of ether oxygens (including phenoxy) is 2. The number of phenols is 1. The van der Waals surface area contributed by atoms with Crippen LogP contribution in [0.5, 0.6) is 11.5 Å². The summed E-state index contributed by atoms with van der Waals surface area (Å²) in [5, 5.41) is 34.7. The highest BCUT2D eigenvalue weighted by Crippen LogP contribution is 2.46. The van der Waals surface area contributed by atoms with E-state index >= 15 is 0 Å². The quantitative estimate of drug-likeness (QED) is 0.0560. The lowest BCUT2D eigenvalue weighted by molar-refractivity contribution is -0.120. The van der Waals surface area contributed by atoms with Crippen LogP contribution in [0.1, 0.15) is 179 Å². The van der Waals surface area contributed by atoms with E-state index in [2.05, 4.69) is 52.3 Å². The summed E-state index contributed by atoms with van der Waals surface area (Å²) < 4.78 is 10.6. The highest BCUT2D eigenvalue weighted by Gasteiger charge is 2.44. The average Bonchev–Trinajstić information content (AvgIpc) is 1.00. The van der Waals surface area contributed by atoms with Crippen LogP contribution in [0, 0.1) is 20.8 Å². The molecule has 0 spiro atoms. The molecular formula is C108H104N14O14. The van der Waals surface area contributed by atoms with Crippen LogP contribution in [0.4, 0.5) is 39.8 Å². The average molecular weight is 1820 g/mol. The number of hydrogen-bond donors (Lipinski definition) is 5. The zero-order chi connectivity index (χ0) is 94.4. The molecule has 23 rings (SSSR count). The summed E-state index contributed by atoms with van der Waals surface area (Å²) in [7, 11) is 1.58. The van der Waals surface area contributed by atoms with E-state index in [1.165, 1.54) is 63.2 Å². The molecule has 4 saturated heterocycles. The number of methoxy groups -OCH3 is 1. The van der Waals surface area contributed by atoms with Gasteiger partial charge in [-0.05, 0) is 186 Å². The third-order valence-corrected chi connectivity index (χ3v) is 27.5. The van der Waals surface area contributed by atoms with E-state index in [1.54, 1.807) is 80.8 Å². The number of aromatic amines is 1. The number of hydrogen-bond acceptors (Lipinski definition) is 21. The Morgan fingerprint density at radius 1 is 0.426 bits per heavy atom. The number of rotatable bonds is 12. The maximum atomic E-state index is 13.4. The summed E-state index contributed by atoms with van der Waals surface area (Å²) >= 11 is 0. The summed E-state index contributed by atoms with van der Waals surface area (Å²) in [4.78, 5) is 159. The summed E-state index contributed by atoms with van der Waals surface area (Å²) in [6.07, 6.45) is 9.27. The number of para-hydroxylation sites is 1. The Kier molecular flexibility index (Phi) is 25.1. The predicted octanol–water partition coefficient (Wildman–Crippen LogP) is 15.8. The van der Waals surface area contributed by atoms with E-state index in [1.807, 2.05) is 147 Å². The Bertz CT molecular complexity index is 6960. The monoisotopic (exact) mass is 1820 g/mol. The molecule has 0 unspecified atom stereocenters. The van der Waals surface area contributed by atoms with Gasteiger partial charge in [0.05, 0.1) is 48.8 Å². The lowest BCUT2D eigenvalue weighted by Crippen LogP contribution is -2.50. The van der Waals surface area contributed by atoms with Gasteiger partial charge >= 0.3 is 0 Å². The molecule has 136 heavy (non-hydrogen) atoms. The fourth-order valence-electron chi connectivity index (χ4n) is 21.0. The Labute approximate surface area is 785 Å². The molecule has 0 atom stereocenters. The first-order valence-electron chi connectivity index (χ1n) is 46.6. The molecule has 28 nitrogen and oxygen atoms in total. The molecule has 5 fully saturated rings. The first kappa shape index (κ1) is 89.9. The SMILES string of the molecule is C=CCN1C(=O)c2cccc3c(N4CCOCC4)ccc(c23)C1=O.CC(=O)NC1CCC(N2C(=O)c3cccc4c(O)ccc(c34)C2=O)CC1.COc1ccc(N2C(=O)c3cccc4c(N5CCNCC5)ccc(c34)C2=O)cc1.Cc1ccccc1N1C(=O)c2cccc3c(N4CCNCC4)ccc(c23)C1=O.Cc1n[nH]c(C)c1N1C(=O)c2cccc3c(N4CCCCCC4)ccc(c23)C1=O. The van der Waals surface area contributed by atoms with Crippen LogP contribution >= 0.6 is 0 Å². The third kappa shape index (κ3) is 16.3. The second-order valence-electron chi connectivity index (χ2n) is 35.6. The minimum absolute atomic E-state index is 0.0565. The molecule has 13 aromatic rings. The van der Waals surface area contributed by atoms with Gasteiger partial charge in [-0.2, -0.15) is 5.10 Å². The lowest BCUT2D eigenvalue weighted by atomic mass is 9.87. The topological polar surface area (TPSA) is 320 Å². The molecule has 690 valence electrons. The van der Waals surface area contributed by atoms with Crippen molar-refractivity contribution in [1.82, 2.24) is 35.9 Å². The highest BCUT2D eigenvalue weighted by molar-refractivity contribution is 6.39. The maximum absolute atomic E-state index is 13.4. The second-order valence-corrected chi connectivity index (χ2v) is 35.6. The Hall–Kier alpha value is -15.3. The number of aromatic hydroxyl groups is 1. The highest BCUT2D eigenvalue weighted by atomic mass is 16.5. The van der Waals surface area contributed by atoms with Crippen LogP contribution in [-0.2, 0) is 9.53 Å². The first-order valence-corrected chi connectivity index (χ1v) is 46.6. The van der Waals surface area contributed by atoms with E-state index in [4.69, 9.17) is 9.47 Å². The Morgan fingerprint density at radius 2 is 0.816 bits per heavy atom. The van der Waals surface area contributed by atoms with Crippen LogP contribution in [-0.4, -0.2) is 208 Å². The van der Waals surface area contributed by atoms with Gasteiger partial charge in [0.2, 0.25) is 5.91 Å². The van der Waals surface area contributed by atoms with Crippen molar-refractivity contribution < 1.29 is 67.3 Å². The minimum Gasteiger partial charge on any atom is -0.507 e. The molecule has 1 aliphatic carbocycles. The van der Waals surface area contributed by atoms with Gasteiger partial charge in [-0.1, -0.05) is 97.8 Å². The van der Waals surface area contributed by atoms with Gasteiger partial charge in [-0.3, -0.25) is 67.6 Å². The summed E-state index contributed by atoms with van der Waals surface area (Å²) in [5.74, 6) is -2.10. The number of nitrogens with zero attached hydrogens (tertiary/aromatic N) is 10. The molecule has 11 amide bonds. The van der Waals surface area contributed by atoms with Gasteiger partial charge in [0.1, 0.15) is 11.5 Å².